The molecule has 0 saturated carbocycles. The molecule has 0 aromatic heterocycles. The van der Waals surface area contributed by atoms with Crippen molar-refractivity contribution >= 4 is 11.7 Å². The maximum Gasteiger partial charge on any atom is 0.222 e. The zero-order valence-electron chi connectivity index (χ0n) is 11.7. The lowest BCUT2D eigenvalue weighted by Gasteiger charge is -2.16. The molecule has 4 nitrogen and oxygen atoms in total. The fourth-order valence-electron chi connectivity index (χ4n) is 1.75. The molecule has 0 heterocycles. The van der Waals surface area contributed by atoms with Gasteiger partial charge in [0.25, 0.3) is 0 Å². The zero-order chi connectivity index (χ0) is 14.3. The Balaban J connectivity index is 2.41. The van der Waals surface area contributed by atoms with Gasteiger partial charge in [-0.2, -0.15) is 0 Å². The van der Waals surface area contributed by atoms with Crippen molar-refractivity contribution in [3.63, 3.8) is 0 Å². The van der Waals surface area contributed by atoms with E-state index in [1.54, 1.807) is 24.1 Å². The van der Waals surface area contributed by atoms with Crippen molar-refractivity contribution in [1.82, 2.24) is 4.90 Å². The molecular weight excluding hydrogens is 240 g/mol. The van der Waals surface area contributed by atoms with E-state index in [0.717, 1.165) is 12.0 Å². The summed E-state index contributed by atoms with van der Waals surface area (Å²) in [6.07, 6.45) is 1.30. The smallest absolute Gasteiger partial charge is 0.222 e. The average Bonchev–Trinajstić information content (AvgIpc) is 2.42. The van der Waals surface area contributed by atoms with Crippen LogP contribution in [-0.4, -0.2) is 36.7 Å². The molecule has 0 aliphatic carbocycles. The Morgan fingerprint density at radius 3 is 2.37 bits per heavy atom. The molecule has 1 amide bonds. The van der Waals surface area contributed by atoms with E-state index in [-0.39, 0.29) is 24.5 Å². The van der Waals surface area contributed by atoms with E-state index in [4.69, 9.17) is 5.73 Å². The van der Waals surface area contributed by atoms with Crippen LogP contribution in [0.2, 0.25) is 0 Å². The molecule has 0 radical (unpaired) electrons. The lowest BCUT2D eigenvalue weighted by molar-refractivity contribution is -0.129. The molecule has 0 atom stereocenters. The molecule has 1 rings (SSSR count). The Morgan fingerprint density at radius 2 is 1.79 bits per heavy atom. The third-order valence-electron chi connectivity index (χ3n) is 3.06. The zero-order valence-corrected chi connectivity index (χ0v) is 11.7. The Kier molecular flexibility index (Phi) is 6.22. The fraction of sp³-hybridized carbons (Fsp3) is 0.467. The maximum atomic E-state index is 11.9. The summed E-state index contributed by atoms with van der Waals surface area (Å²) in [5.41, 5.74) is 7.18. The van der Waals surface area contributed by atoms with Crippen molar-refractivity contribution in [3.05, 3.63) is 35.4 Å². The lowest BCUT2D eigenvalue weighted by atomic mass is 10.0. The van der Waals surface area contributed by atoms with Gasteiger partial charge in [-0.05, 0) is 19.9 Å². The molecule has 0 bridgehead atoms. The van der Waals surface area contributed by atoms with Crippen molar-refractivity contribution < 1.29 is 9.59 Å². The standard InChI is InChI=1S/C15H22N2O2/c1-12-4-6-13(7-5-12)14(18)8-9-15(19)17(2)11-3-10-16/h4-7H,3,8-11,16H2,1-2H3. The van der Waals surface area contributed by atoms with Crippen molar-refractivity contribution in [2.45, 2.75) is 26.2 Å². The topological polar surface area (TPSA) is 63.4 Å². The number of hydrogen-bond donors (Lipinski definition) is 1. The molecule has 1 aromatic carbocycles. The molecule has 0 fully saturated rings. The Bertz CT molecular complexity index is 426. The first-order chi connectivity index (χ1) is 9.04. The molecule has 1 aromatic rings. The van der Waals surface area contributed by atoms with Gasteiger partial charge >= 0.3 is 0 Å². The van der Waals surface area contributed by atoms with Gasteiger partial charge in [-0.1, -0.05) is 29.8 Å². The predicted molar refractivity (Wildman–Crippen MR) is 76.1 cm³/mol. The monoisotopic (exact) mass is 262 g/mol. The second-order valence-corrected chi connectivity index (χ2v) is 4.75. The quantitative estimate of drug-likeness (QED) is 0.762. The molecule has 0 unspecified atom stereocenters. The van der Waals surface area contributed by atoms with E-state index in [1.807, 2.05) is 19.1 Å². The van der Waals surface area contributed by atoms with Crippen LogP contribution < -0.4 is 5.73 Å². The third kappa shape index (κ3) is 5.22. The van der Waals surface area contributed by atoms with Gasteiger partial charge in [0.15, 0.2) is 5.78 Å². The summed E-state index contributed by atoms with van der Waals surface area (Å²) in [5, 5.41) is 0. The van der Waals surface area contributed by atoms with Gasteiger partial charge in [0.2, 0.25) is 5.91 Å². The largest absolute Gasteiger partial charge is 0.346 e. The van der Waals surface area contributed by atoms with E-state index in [9.17, 15) is 9.59 Å². The number of benzene rings is 1. The van der Waals surface area contributed by atoms with Gasteiger partial charge < -0.3 is 10.6 Å². The van der Waals surface area contributed by atoms with Gasteiger partial charge in [0.1, 0.15) is 0 Å². The number of Topliss-reactive ketones (excluding diaryl/α,β-unsaturated/α-hetero) is 1. The van der Waals surface area contributed by atoms with Crippen LogP contribution >= 0.6 is 0 Å². The summed E-state index contributed by atoms with van der Waals surface area (Å²) in [4.78, 5) is 25.3. The van der Waals surface area contributed by atoms with Crippen LogP contribution in [0.3, 0.4) is 0 Å². The fourth-order valence-corrected chi connectivity index (χ4v) is 1.75. The van der Waals surface area contributed by atoms with Crippen LogP contribution in [0, 0.1) is 6.92 Å². The molecule has 19 heavy (non-hydrogen) atoms. The lowest BCUT2D eigenvalue weighted by Crippen LogP contribution is -2.29. The summed E-state index contributed by atoms with van der Waals surface area (Å²) in [6.45, 7) is 3.19. The van der Waals surface area contributed by atoms with Crippen molar-refractivity contribution in [2.24, 2.45) is 5.73 Å². The number of rotatable bonds is 7. The van der Waals surface area contributed by atoms with Gasteiger partial charge in [0, 0.05) is 32.0 Å². The van der Waals surface area contributed by atoms with Crippen LogP contribution in [-0.2, 0) is 4.79 Å². The highest BCUT2D eigenvalue weighted by Crippen LogP contribution is 2.08. The number of ketones is 1. The number of carbonyl (C=O) groups is 2. The second kappa shape index (κ2) is 7.69. The second-order valence-electron chi connectivity index (χ2n) is 4.75. The highest BCUT2D eigenvalue weighted by Gasteiger charge is 2.12. The molecule has 4 heteroatoms. The first kappa shape index (κ1) is 15.4. The van der Waals surface area contributed by atoms with E-state index >= 15 is 0 Å². The van der Waals surface area contributed by atoms with Crippen molar-refractivity contribution in [1.29, 1.82) is 0 Å². The van der Waals surface area contributed by atoms with Crippen LogP contribution in [0.1, 0.15) is 35.2 Å². The van der Waals surface area contributed by atoms with E-state index < -0.39 is 0 Å². The number of carbonyl (C=O) groups excluding carboxylic acids is 2. The average molecular weight is 262 g/mol. The summed E-state index contributed by atoms with van der Waals surface area (Å²) < 4.78 is 0. The number of aryl methyl sites for hydroxylation is 1. The van der Waals surface area contributed by atoms with Gasteiger partial charge in [-0.25, -0.2) is 0 Å². The summed E-state index contributed by atoms with van der Waals surface area (Å²) in [5.74, 6) is 0.00878. The highest BCUT2D eigenvalue weighted by atomic mass is 16.2. The van der Waals surface area contributed by atoms with Gasteiger partial charge in [-0.15, -0.1) is 0 Å². The Hall–Kier alpha value is -1.68. The van der Waals surface area contributed by atoms with Crippen LogP contribution in [0.25, 0.3) is 0 Å². The van der Waals surface area contributed by atoms with Crippen LogP contribution in [0.4, 0.5) is 0 Å². The van der Waals surface area contributed by atoms with Gasteiger partial charge in [-0.3, -0.25) is 9.59 Å². The molecule has 2 N–H and O–H groups in total. The van der Waals surface area contributed by atoms with E-state index in [1.165, 1.54) is 0 Å². The molecule has 0 saturated heterocycles. The number of nitrogens with two attached hydrogens (primary N) is 1. The van der Waals surface area contributed by atoms with Crippen molar-refractivity contribution in [3.8, 4) is 0 Å². The Labute approximate surface area is 114 Å². The minimum atomic E-state index is -0.00564. The van der Waals surface area contributed by atoms with E-state index in [2.05, 4.69) is 0 Å². The molecular formula is C15H22N2O2. The summed E-state index contributed by atoms with van der Waals surface area (Å²) >= 11 is 0. The first-order valence-corrected chi connectivity index (χ1v) is 6.58. The normalized spacial score (nSPS) is 10.3. The van der Waals surface area contributed by atoms with Crippen LogP contribution in [0.5, 0.6) is 0 Å². The predicted octanol–water partition coefficient (Wildman–Crippen LogP) is 1.77. The van der Waals surface area contributed by atoms with E-state index in [0.29, 0.717) is 18.7 Å². The molecule has 0 aliphatic heterocycles. The number of amides is 1. The molecule has 0 aliphatic rings. The minimum absolute atomic E-state index is 0.00564. The summed E-state index contributed by atoms with van der Waals surface area (Å²) in [7, 11) is 1.74. The van der Waals surface area contributed by atoms with Crippen LogP contribution in [0.15, 0.2) is 24.3 Å². The summed E-state index contributed by atoms with van der Waals surface area (Å²) in [6, 6.07) is 7.42. The molecule has 104 valence electrons. The van der Waals surface area contributed by atoms with Gasteiger partial charge in [0.05, 0.1) is 0 Å². The number of nitrogens with zero attached hydrogens (tertiary/aromatic N) is 1. The van der Waals surface area contributed by atoms with Crippen molar-refractivity contribution in [2.75, 3.05) is 20.1 Å². The first-order valence-electron chi connectivity index (χ1n) is 6.58. The minimum Gasteiger partial charge on any atom is -0.346 e. The SMILES string of the molecule is Cc1ccc(C(=O)CCC(=O)N(C)CCCN)cc1. The Morgan fingerprint density at radius 1 is 1.16 bits per heavy atom. The molecule has 0 spiro atoms. The third-order valence-corrected chi connectivity index (χ3v) is 3.06. The number of hydrogen-bond acceptors (Lipinski definition) is 3. The highest BCUT2D eigenvalue weighted by molar-refractivity contribution is 5.97. The maximum absolute atomic E-state index is 11.9.